The summed E-state index contributed by atoms with van der Waals surface area (Å²) in [6.45, 7) is 3.92. The summed E-state index contributed by atoms with van der Waals surface area (Å²) in [5.41, 5.74) is 0.563. The molecule has 2 unspecified atom stereocenters. The molecular weight excluding hydrogens is 391 g/mol. The molecular formula is C21H21FN4O2S. The van der Waals surface area contributed by atoms with Crippen LogP contribution in [0.5, 0.6) is 5.88 Å². The Labute approximate surface area is 171 Å². The molecule has 6 nitrogen and oxygen atoms in total. The van der Waals surface area contributed by atoms with E-state index >= 15 is 0 Å². The fourth-order valence-electron chi connectivity index (χ4n) is 4.10. The highest BCUT2D eigenvalue weighted by Gasteiger charge is 2.33. The lowest BCUT2D eigenvalue weighted by Gasteiger charge is -2.37. The molecule has 4 aromatic rings. The van der Waals surface area contributed by atoms with Crippen molar-refractivity contribution in [3.05, 3.63) is 58.9 Å². The second-order valence-corrected chi connectivity index (χ2v) is 8.57. The zero-order valence-electron chi connectivity index (χ0n) is 16.0. The van der Waals surface area contributed by atoms with E-state index in [0.717, 1.165) is 25.9 Å². The molecule has 0 spiro atoms. The summed E-state index contributed by atoms with van der Waals surface area (Å²) in [5, 5.41) is 15.4. The van der Waals surface area contributed by atoms with E-state index < -0.39 is 0 Å². The van der Waals surface area contributed by atoms with Gasteiger partial charge in [0.15, 0.2) is 5.76 Å². The topological polar surface area (TPSA) is 66.8 Å². The van der Waals surface area contributed by atoms with E-state index in [9.17, 15) is 9.50 Å². The normalized spacial score (nSPS) is 19.0. The smallest absolute Gasteiger partial charge is 0.230 e. The number of thiazole rings is 1. The van der Waals surface area contributed by atoms with Gasteiger partial charge in [-0.25, -0.2) is 4.39 Å². The number of hydrogen-bond donors (Lipinski definition) is 1. The van der Waals surface area contributed by atoms with E-state index in [0.29, 0.717) is 32.9 Å². The van der Waals surface area contributed by atoms with Crippen molar-refractivity contribution in [3.63, 3.8) is 0 Å². The van der Waals surface area contributed by atoms with E-state index in [1.807, 2.05) is 6.07 Å². The molecule has 1 fully saturated rings. The van der Waals surface area contributed by atoms with Crippen LogP contribution in [0.2, 0.25) is 0 Å². The van der Waals surface area contributed by atoms with Gasteiger partial charge < -0.3 is 9.52 Å². The summed E-state index contributed by atoms with van der Waals surface area (Å²) < 4.78 is 21.6. The maximum atomic E-state index is 14.8. The van der Waals surface area contributed by atoms with Crippen LogP contribution < -0.4 is 0 Å². The van der Waals surface area contributed by atoms with E-state index in [-0.39, 0.29) is 17.7 Å². The molecule has 1 aliphatic heterocycles. The van der Waals surface area contributed by atoms with Gasteiger partial charge in [-0.3, -0.25) is 4.90 Å². The summed E-state index contributed by atoms with van der Waals surface area (Å²) in [4.78, 5) is 7.96. The molecule has 1 aromatic carbocycles. The molecule has 0 bridgehead atoms. The first-order valence-corrected chi connectivity index (χ1v) is 10.5. The van der Waals surface area contributed by atoms with Crippen LogP contribution in [0.25, 0.3) is 16.5 Å². The monoisotopic (exact) mass is 412 g/mol. The maximum Gasteiger partial charge on any atom is 0.230 e. The molecule has 29 heavy (non-hydrogen) atoms. The zero-order valence-corrected chi connectivity index (χ0v) is 16.8. The van der Waals surface area contributed by atoms with Gasteiger partial charge in [0.05, 0.1) is 17.2 Å². The van der Waals surface area contributed by atoms with Gasteiger partial charge in [-0.2, -0.15) is 9.50 Å². The highest BCUT2D eigenvalue weighted by molar-refractivity contribution is 7.17. The van der Waals surface area contributed by atoms with Crippen molar-refractivity contribution in [1.29, 1.82) is 0 Å². The van der Waals surface area contributed by atoms with Crippen LogP contribution in [-0.2, 0) is 0 Å². The van der Waals surface area contributed by atoms with Gasteiger partial charge in [0.25, 0.3) is 0 Å². The van der Waals surface area contributed by atoms with Crippen LogP contribution in [0, 0.1) is 11.7 Å². The molecule has 0 amide bonds. The van der Waals surface area contributed by atoms with E-state index in [4.69, 9.17) is 4.42 Å². The van der Waals surface area contributed by atoms with E-state index in [1.165, 1.54) is 21.9 Å². The Morgan fingerprint density at radius 3 is 2.86 bits per heavy atom. The molecule has 1 N–H and O–H groups in total. The molecule has 8 heteroatoms. The van der Waals surface area contributed by atoms with Crippen LogP contribution in [0.3, 0.4) is 0 Å². The number of rotatable bonds is 4. The molecule has 0 aliphatic carbocycles. The Hall–Kier alpha value is -2.71. The minimum Gasteiger partial charge on any atom is -0.492 e. The van der Waals surface area contributed by atoms with Gasteiger partial charge in [-0.05, 0) is 43.5 Å². The number of fused-ring (bicyclic) bond motifs is 1. The molecule has 1 aliphatic rings. The van der Waals surface area contributed by atoms with Crippen LogP contribution in [0.1, 0.15) is 36.2 Å². The standard InChI is InChI=1S/C21H21FN4O2S/c1-13-6-4-10-25(12-13)17(14-7-2-3-8-15(14)22)18-20(27)26-21(29-18)23-19(24-26)16-9-5-11-28-16/h2-3,5,7-9,11,13,17,27H,4,6,10,12H2,1H3. The van der Waals surface area contributed by atoms with Gasteiger partial charge in [-0.15, -0.1) is 5.10 Å². The van der Waals surface area contributed by atoms with Crippen molar-refractivity contribution in [2.75, 3.05) is 13.1 Å². The fraction of sp³-hybridized carbons (Fsp3) is 0.333. The third kappa shape index (κ3) is 3.22. The Bertz CT molecular complexity index is 1140. The molecule has 0 radical (unpaired) electrons. The van der Waals surface area contributed by atoms with Gasteiger partial charge in [0.2, 0.25) is 16.7 Å². The molecule has 4 heterocycles. The number of aromatic hydroxyl groups is 1. The van der Waals surface area contributed by atoms with E-state index in [1.54, 1.807) is 30.5 Å². The van der Waals surface area contributed by atoms with Crippen molar-refractivity contribution in [1.82, 2.24) is 19.5 Å². The number of likely N-dealkylation sites (tertiary alicyclic amines) is 1. The Balaban J connectivity index is 1.62. The fourth-order valence-corrected chi connectivity index (χ4v) is 5.21. The molecule has 0 saturated carbocycles. The van der Waals surface area contributed by atoms with Crippen LogP contribution in [0.15, 0.2) is 47.1 Å². The quantitative estimate of drug-likeness (QED) is 0.526. The molecule has 2 atom stereocenters. The Morgan fingerprint density at radius 2 is 2.14 bits per heavy atom. The predicted octanol–water partition coefficient (Wildman–Crippen LogP) is 4.72. The number of benzene rings is 1. The van der Waals surface area contributed by atoms with Gasteiger partial charge in [0.1, 0.15) is 5.82 Å². The predicted molar refractivity (Wildman–Crippen MR) is 108 cm³/mol. The zero-order chi connectivity index (χ0) is 20.0. The third-order valence-corrected chi connectivity index (χ3v) is 6.52. The number of hydrogen-bond acceptors (Lipinski definition) is 6. The van der Waals surface area contributed by atoms with Gasteiger partial charge >= 0.3 is 0 Å². The first-order chi connectivity index (χ1) is 14.1. The number of piperidine rings is 1. The highest BCUT2D eigenvalue weighted by Crippen LogP contribution is 2.42. The van der Waals surface area contributed by atoms with Crippen molar-refractivity contribution in [2.45, 2.75) is 25.8 Å². The second kappa shape index (κ2) is 7.27. The lowest BCUT2D eigenvalue weighted by Crippen LogP contribution is -2.38. The average molecular weight is 412 g/mol. The average Bonchev–Trinajstić information content (AvgIpc) is 3.43. The van der Waals surface area contributed by atoms with Gasteiger partial charge in [0, 0.05) is 12.1 Å². The number of aromatic nitrogens is 3. The molecule has 150 valence electrons. The minimum absolute atomic E-state index is 0.00165. The summed E-state index contributed by atoms with van der Waals surface area (Å²) in [7, 11) is 0. The van der Waals surface area contributed by atoms with Gasteiger partial charge in [-0.1, -0.05) is 36.5 Å². The highest BCUT2D eigenvalue weighted by atomic mass is 32.1. The van der Waals surface area contributed by atoms with Crippen molar-refractivity contribution in [3.8, 4) is 17.5 Å². The summed E-state index contributed by atoms with van der Waals surface area (Å²) in [6, 6.07) is 9.95. The SMILES string of the molecule is CC1CCCN(C(c2ccccc2F)c2sc3nc(-c4ccco4)nn3c2O)C1. The van der Waals surface area contributed by atoms with Crippen LogP contribution in [-0.4, -0.2) is 37.7 Å². The summed E-state index contributed by atoms with van der Waals surface area (Å²) in [6.07, 6.45) is 3.77. The molecule has 5 rings (SSSR count). The third-order valence-electron chi connectivity index (χ3n) is 5.44. The number of halogens is 1. The van der Waals surface area contributed by atoms with Crippen LogP contribution in [0.4, 0.5) is 4.39 Å². The van der Waals surface area contributed by atoms with Crippen molar-refractivity contribution >= 4 is 16.3 Å². The maximum absolute atomic E-state index is 14.8. The number of furan rings is 1. The Kier molecular flexibility index (Phi) is 4.60. The molecule has 1 saturated heterocycles. The number of nitrogens with zero attached hydrogens (tertiary/aromatic N) is 4. The van der Waals surface area contributed by atoms with Crippen LogP contribution >= 0.6 is 11.3 Å². The van der Waals surface area contributed by atoms with Crippen molar-refractivity contribution < 1.29 is 13.9 Å². The van der Waals surface area contributed by atoms with E-state index in [2.05, 4.69) is 21.9 Å². The Morgan fingerprint density at radius 1 is 1.28 bits per heavy atom. The summed E-state index contributed by atoms with van der Waals surface area (Å²) >= 11 is 1.34. The lowest BCUT2D eigenvalue weighted by molar-refractivity contribution is 0.147. The van der Waals surface area contributed by atoms with Crippen molar-refractivity contribution in [2.24, 2.45) is 5.92 Å². The summed E-state index contributed by atoms with van der Waals surface area (Å²) in [5.74, 6) is 1.20. The largest absolute Gasteiger partial charge is 0.492 e. The first kappa shape index (κ1) is 18.3. The lowest BCUT2D eigenvalue weighted by atomic mass is 9.95. The minimum atomic E-state index is -0.375. The first-order valence-electron chi connectivity index (χ1n) is 9.72. The molecule has 3 aromatic heterocycles. The second-order valence-electron chi connectivity index (χ2n) is 7.56.